The summed E-state index contributed by atoms with van der Waals surface area (Å²) in [7, 11) is 3.07. The lowest BCUT2D eigenvalue weighted by Crippen LogP contribution is -2.52. The van der Waals surface area contributed by atoms with Crippen molar-refractivity contribution in [1.29, 1.82) is 0 Å². The molecule has 5 heteroatoms. The van der Waals surface area contributed by atoms with Gasteiger partial charge in [0.15, 0.2) is 0 Å². The van der Waals surface area contributed by atoms with Crippen molar-refractivity contribution < 1.29 is 14.3 Å². The van der Waals surface area contributed by atoms with Gasteiger partial charge in [0.25, 0.3) is 0 Å². The normalized spacial score (nSPS) is 16.8. The first kappa shape index (κ1) is 13.1. The maximum Gasteiger partial charge on any atom is 0.321 e. The molecule has 0 spiro atoms. The Labute approximate surface area is 111 Å². The number of amides is 1. The quantitative estimate of drug-likeness (QED) is 0.624. The fourth-order valence-electron chi connectivity index (χ4n) is 2.35. The Hall–Kier alpha value is -1.36. The number of nitrogens with zero attached hydrogens (tertiary/aromatic N) is 1. The highest BCUT2D eigenvalue weighted by Gasteiger charge is 2.53. The van der Waals surface area contributed by atoms with Crippen LogP contribution in [0.4, 0.5) is 5.00 Å². The summed E-state index contributed by atoms with van der Waals surface area (Å²) in [5.41, 5.74) is 0.107. The molecule has 0 radical (unpaired) electrons. The lowest BCUT2D eigenvalue weighted by molar-refractivity contribution is -0.163. The third-order valence-corrected chi connectivity index (χ3v) is 4.73. The van der Waals surface area contributed by atoms with E-state index in [0.29, 0.717) is 12.8 Å². The molecule has 0 atom stereocenters. The minimum absolute atomic E-state index is 0.147. The summed E-state index contributed by atoms with van der Waals surface area (Å²) in [6, 6.07) is 1.97. The van der Waals surface area contributed by atoms with Crippen LogP contribution in [0.25, 0.3) is 0 Å². The van der Waals surface area contributed by atoms with E-state index in [2.05, 4.69) is 0 Å². The Morgan fingerprint density at radius 3 is 2.50 bits per heavy atom. The van der Waals surface area contributed by atoms with Gasteiger partial charge in [-0.05, 0) is 36.8 Å². The highest BCUT2D eigenvalue weighted by atomic mass is 32.1. The number of methoxy groups -OCH3 is 1. The number of hydrogen-bond acceptors (Lipinski definition) is 4. The van der Waals surface area contributed by atoms with Crippen LogP contribution in [-0.4, -0.2) is 26.0 Å². The summed E-state index contributed by atoms with van der Waals surface area (Å²) < 4.78 is 4.79. The third-order valence-electron chi connectivity index (χ3n) is 3.64. The van der Waals surface area contributed by atoms with Gasteiger partial charge in [-0.25, -0.2) is 0 Å². The van der Waals surface area contributed by atoms with Crippen LogP contribution in [0.2, 0.25) is 0 Å². The van der Waals surface area contributed by atoms with E-state index >= 15 is 0 Å². The first-order valence-electron chi connectivity index (χ1n) is 5.93. The van der Waals surface area contributed by atoms with Gasteiger partial charge in [-0.1, -0.05) is 6.42 Å². The Balaban J connectivity index is 2.25. The number of anilines is 1. The zero-order chi connectivity index (χ0) is 13.3. The first-order valence-corrected chi connectivity index (χ1v) is 6.81. The van der Waals surface area contributed by atoms with Crippen LogP contribution in [0.5, 0.6) is 0 Å². The zero-order valence-corrected chi connectivity index (χ0v) is 11.7. The van der Waals surface area contributed by atoms with Crippen molar-refractivity contribution in [2.45, 2.75) is 26.2 Å². The van der Waals surface area contributed by atoms with Crippen molar-refractivity contribution >= 4 is 28.2 Å². The fourth-order valence-corrected chi connectivity index (χ4v) is 3.25. The standard InChI is InChI=1S/C13H17NO3S/c1-9-5-8-18-10(9)14(2)11(15)13(6-4-7-13)12(16)17-3/h5,8H,4,6-7H2,1-3H3. The zero-order valence-electron chi connectivity index (χ0n) is 10.9. The lowest BCUT2D eigenvalue weighted by atomic mass is 9.67. The van der Waals surface area contributed by atoms with E-state index in [0.717, 1.165) is 17.0 Å². The second-order valence-electron chi connectivity index (χ2n) is 4.70. The molecule has 1 heterocycles. The van der Waals surface area contributed by atoms with Gasteiger partial charge in [-0.2, -0.15) is 0 Å². The maximum atomic E-state index is 12.5. The predicted molar refractivity (Wildman–Crippen MR) is 70.8 cm³/mol. The molecule has 1 amide bonds. The van der Waals surface area contributed by atoms with Gasteiger partial charge in [0.05, 0.1) is 7.11 Å². The molecule has 18 heavy (non-hydrogen) atoms. The topological polar surface area (TPSA) is 46.6 Å². The van der Waals surface area contributed by atoms with Gasteiger partial charge < -0.3 is 9.64 Å². The smallest absolute Gasteiger partial charge is 0.321 e. The molecule has 0 aliphatic heterocycles. The molecule has 0 bridgehead atoms. The van der Waals surface area contributed by atoms with Crippen LogP contribution in [-0.2, 0) is 14.3 Å². The second kappa shape index (κ2) is 4.72. The maximum absolute atomic E-state index is 12.5. The van der Waals surface area contributed by atoms with Gasteiger partial charge in [0.1, 0.15) is 10.4 Å². The van der Waals surface area contributed by atoms with E-state index in [1.807, 2.05) is 18.4 Å². The average molecular weight is 267 g/mol. The number of thiophene rings is 1. The molecule has 1 fully saturated rings. The number of esters is 1. The number of hydrogen-bond donors (Lipinski definition) is 0. The van der Waals surface area contributed by atoms with E-state index in [1.165, 1.54) is 18.4 Å². The molecule has 1 aromatic heterocycles. The molecule has 1 aliphatic rings. The molecular formula is C13H17NO3S. The molecule has 0 unspecified atom stereocenters. The van der Waals surface area contributed by atoms with Crippen LogP contribution in [0.15, 0.2) is 11.4 Å². The van der Waals surface area contributed by atoms with Gasteiger partial charge in [-0.3, -0.25) is 9.59 Å². The Bertz CT molecular complexity index is 476. The van der Waals surface area contributed by atoms with Crippen LogP contribution in [0, 0.1) is 12.3 Å². The summed E-state index contributed by atoms with van der Waals surface area (Å²) >= 11 is 1.51. The molecular weight excluding hydrogens is 250 g/mol. The number of rotatable bonds is 3. The Morgan fingerprint density at radius 2 is 2.11 bits per heavy atom. The van der Waals surface area contributed by atoms with E-state index in [9.17, 15) is 9.59 Å². The summed E-state index contributed by atoms with van der Waals surface area (Å²) in [5.74, 6) is -0.550. The highest BCUT2D eigenvalue weighted by Crippen LogP contribution is 2.44. The van der Waals surface area contributed by atoms with E-state index in [-0.39, 0.29) is 5.91 Å². The number of ether oxygens (including phenoxy) is 1. The van der Waals surface area contributed by atoms with E-state index in [4.69, 9.17) is 4.74 Å². The van der Waals surface area contributed by atoms with Gasteiger partial charge >= 0.3 is 5.97 Å². The molecule has 4 nitrogen and oxygen atoms in total. The fraction of sp³-hybridized carbons (Fsp3) is 0.538. The Kier molecular flexibility index (Phi) is 3.43. The first-order chi connectivity index (χ1) is 8.53. The van der Waals surface area contributed by atoms with Crippen molar-refractivity contribution in [2.75, 3.05) is 19.1 Å². The van der Waals surface area contributed by atoms with E-state index < -0.39 is 11.4 Å². The summed E-state index contributed by atoms with van der Waals surface area (Å²) in [5, 5.41) is 2.84. The summed E-state index contributed by atoms with van der Waals surface area (Å²) in [6.07, 6.45) is 2.08. The van der Waals surface area contributed by atoms with Crippen LogP contribution < -0.4 is 4.90 Å². The molecule has 1 aromatic rings. The Morgan fingerprint density at radius 1 is 1.44 bits per heavy atom. The van der Waals surface area contributed by atoms with Crippen molar-refractivity contribution in [3.05, 3.63) is 17.0 Å². The van der Waals surface area contributed by atoms with Gasteiger partial charge in [-0.15, -0.1) is 11.3 Å². The van der Waals surface area contributed by atoms with Crippen molar-refractivity contribution in [1.82, 2.24) is 0 Å². The third kappa shape index (κ3) is 1.82. The number of aryl methyl sites for hydroxylation is 1. The van der Waals surface area contributed by atoms with Gasteiger partial charge in [0, 0.05) is 7.05 Å². The summed E-state index contributed by atoms with van der Waals surface area (Å²) in [6.45, 7) is 1.96. The summed E-state index contributed by atoms with van der Waals surface area (Å²) in [4.78, 5) is 26.0. The lowest BCUT2D eigenvalue weighted by Gasteiger charge is -2.39. The molecule has 98 valence electrons. The SMILES string of the molecule is COC(=O)C1(C(=O)N(C)c2sccc2C)CCC1. The van der Waals surface area contributed by atoms with Crippen LogP contribution >= 0.6 is 11.3 Å². The highest BCUT2D eigenvalue weighted by molar-refractivity contribution is 7.14. The van der Waals surface area contributed by atoms with Crippen molar-refractivity contribution in [3.8, 4) is 0 Å². The number of carbonyl (C=O) groups excluding carboxylic acids is 2. The second-order valence-corrected chi connectivity index (χ2v) is 5.59. The molecule has 0 aromatic carbocycles. The minimum Gasteiger partial charge on any atom is -0.468 e. The van der Waals surface area contributed by atoms with Gasteiger partial charge in [0.2, 0.25) is 5.91 Å². The molecule has 2 rings (SSSR count). The van der Waals surface area contributed by atoms with Crippen LogP contribution in [0.3, 0.4) is 0 Å². The average Bonchev–Trinajstić information content (AvgIpc) is 2.72. The monoisotopic (exact) mass is 267 g/mol. The molecule has 0 saturated heterocycles. The molecule has 1 saturated carbocycles. The molecule has 0 N–H and O–H groups in total. The van der Waals surface area contributed by atoms with Crippen molar-refractivity contribution in [2.24, 2.45) is 5.41 Å². The van der Waals surface area contributed by atoms with E-state index in [1.54, 1.807) is 11.9 Å². The molecule has 1 aliphatic carbocycles. The van der Waals surface area contributed by atoms with Crippen molar-refractivity contribution in [3.63, 3.8) is 0 Å². The van der Waals surface area contributed by atoms with Crippen LogP contribution in [0.1, 0.15) is 24.8 Å². The number of carbonyl (C=O) groups is 2. The minimum atomic E-state index is -0.945. The predicted octanol–water partition coefficient (Wildman–Crippen LogP) is 2.36. The largest absolute Gasteiger partial charge is 0.468 e.